The lowest BCUT2D eigenvalue weighted by Gasteiger charge is -2.07. The lowest BCUT2D eigenvalue weighted by atomic mass is 10.1. The first-order valence-corrected chi connectivity index (χ1v) is 6.74. The summed E-state index contributed by atoms with van der Waals surface area (Å²) >= 11 is 4.81. The van der Waals surface area contributed by atoms with Gasteiger partial charge in [0.15, 0.2) is 5.82 Å². The van der Waals surface area contributed by atoms with Crippen molar-refractivity contribution in [2.24, 2.45) is 0 Å². The molecule has 0 amide bonds. The Labute approximate surface area is 110 Å². The predicted octanol–water partition coefficient (Wildman–Crippen LogP) is 3.09. The van der Waals surface area contributed by atoms with Crippen LogP contribution in [0.3, 0.4) is 0 Å². The number of halogens is 1. The minimum Gasteiger partial charge on any atom is -0.493 e. The largest absolute Gasteiger partial charge is 0.493 e. The highest BCUT2D eigenvalue weighted by molar-refractivity contribution is 9.10. The molecule has 0 aliphatic heterocycles. The van der Waals surface area contributed by atoms with E-state index < -0.39 is 0 Å². The van der Waals surface area contributed by atoms with Crippen molar-refractivity contribution >= 4 is 27.3 Å². The summed E-state index contributed by atoms with van der Waals surface area (Å²) in [6.07, 6.45) is 0. The average Bonchev–Trinajstić information content (AvgIpc) is 2.62. The van der Waals surface area contributed by atoms with Crippen molar-refractivity contribution in [2.75, 3.05) is 0 Å². The van der Waals surface area contributed by atoms with Gasteiger partial charge in [-0.2, -0.15) is 4.98 Å². The minimum absolute atomic E-state index is 0.0629. The lowest BCUT2D eigenvalue weighted by molar-refractivity contribution is 0.440. The van der Waals surface area contributed by atoms with E-state index in [-0.39, 0.29) is 17.4 Å². The van der Waals surface area contributed by atoms with Crippen molar-refractivity contribution < 1.29 is 5.11 Å². The van der Waals surface area contributed by atoms with Crippen molar-refractivity contribution in [3.8, 4) is 16.6 Å². The summed E-state index contributed by atoms with van der Waals surface area (Å²) in [5.74, 6) is 0.130. The minimum atomic E-state index is -0.289. The molecule has 0 aliphatic carbocycles. The number of thiophene rings is 1. The molecule has 0 aliphatic rings. The van der Waals surface area contributed by atoms with Gasteiger partial charge in [0.2, 0.25) is 5.88 Å². The second kappa shape index (κ2) is 4.62. The van der Waals surface area contributed by atoms with Gasteiger partial charge < -0.3 is 10.1 Å². The Bertz CT molecular complexity index is 604. The normalized spacial score (nSPS) is 11.1. The van der Waals surface area contributed by atoms with Crippen LogP contribution in [0, 0.1) is 0 Å². The number of aromatic hydroxyl groups is 1. The molecule has 2 heterocycles. The van der Waals surface area contributed by atoms with Gasteiger partial charge in [-0.05, 0) is 33.3 Å². The molecule has 0 spiro atoms. The highest BCUT2D eigenvalue weighted by Gasteiger charge is 2.16. The smallest absolute Gasteiger partial charge is 0.258 e. The van der Waals surface area contributed by atoms with Gasteiger partial charge in [-0.15, -0.1) is 11.3 Å². The zero-order valence-corrected chi connectivity index (χ0v) is 11.7. The van der Waals surface area contributed by atoms with Crippen LogP contribution in [0.1, 0.15) is 25.3 Å². The van der Waals surface area contributed by atoms with E-state index in [1.807, 2.05) is 25.3 Å². The van der Waals surface area contributed by atoms with Crippen LogP contribution < -0.4 is 5.56 Å². The zero-order valence-electron chi connectivity index (χ0n) is 9.32. The first kappa shape index (κ1) is 12.3. The van der Waals surface area contributed by atoms with Crippen LogP contribution in [0.2, 0.25) is 0 Å². The molecule has 2 rings (SSSR count). The van der Waals surface area contributed by atoms with Gasteiger partial charge in [-0.1, -0.05) is 13.8 Å². The third-order valence-corrected chi connectivity index (χ3v) is 4.19. The van der Waals surface area contributed by atoms with Crippen molar-refractivity contribution in [3.05, 3.63) is 31.8 Å². The number of H-pyrrole nitrogens is 1. The first-order valence-electron chi connectivity index (χ1n) is 5.07. The monoisotopic (exact) mass is 314 g/mol. The number of nitrogens with zero attached hydrogens (tertiary/aromatic N) is 1. The molecule has 2 N–H and O–H groups in total. The quantitative estimate of drug-likeness (QED) is 0.895. The fourth-order valence-corrected chi connectivity index (χ4v) is 3.07. The molecule has 0 atom stereocenters. The fraction of sp³-hybridized carbons (Fsp3) is 0.273. The van der Waals surface area contributed by atoms with Crippen LogP contribution in [0.5, 0.6) is 5.88 Å². The van der Waals surface area contributed by atoms with Crippen LogP contribution in [0.4, 0.5) is 0 Å². The van der Waals surface area contributed by atoms with Gasteiger partial charge in [0.1, 0.15) is 0 Å². The Balaban J connectivity index is 2.61. The Morgan fingerprint density at radius 2 is 2.24 bits per heavy atom. The van der Waals surface area contributed by atoms with Gasteiger partial charge >= 0.3 is 0 Å². The number of aromatic nitrogens is 2. The molecule has 0 fully saturated rings. The van der Waals surface area contributed by atoms with Gasteiger partial charge in [-0.25, -0.2) is 0 Å². The third kappa shape index (κ3) is 2.28. The van der Waals surface area contributed by atoms with E-state index in [0.29, 0.717) is 11.4 Å². The Hall–Kier alpha value is -1.14. The highest BCUT2D eigenvalue weighted by Crippen LogP contribution is 2.32. The summed E-state index contributed by atoms with van der Waals surface area (Å²) in [5.41, 5.74) is 0.0317. The van der Waals surface area contributed by atoms with Gasteiger partial charge in [0.05, 0.1) is 10.4 Å². The molecule has 90 valence electrons. The summed E-state index contributed by atoms with van der Waals surface area (Å²) in [5, 5.41) is 11.7. The second-order valence-corrected chi connectivity index (χ2v) is 5.67. The Morgan fingerprint density at radius 3 is 2.71 bits per heavy atom. The van der Waals surface area contributed by atoms with Crippen LogP contribution in [0.25, 0.3) is 10.7 Å². The van der Waals surface area contributed by atoms with E-state index in [0.717, 1.165) is 9.35 Å². The van der Waals surface area contributed by atoms with Gasteiger partial charge in [0, 0.05) is 4.47 Å². The average molecular weight is 315 g/mol. The van der Waals surface area contributed by atoms with Crippen molar-refractivity contribution in [1.82, 2.24) is 9.97 Å². The SMILES string of the molecule is CC(C)c1c(O)nc(-c2sccc2Br)[nH]c1=O. The van der Waals surface area contributed by atoms with E-state index in [1.165, 1.54) is 11.3 Å². The number of aromatic amines is 1. The van der Waals surface area contributed by atoms with E-state index in [2.05, 4.69) is 25.9 Å². The number of rotatable bonds is 2. The third-order valence-electron chi connectivity index (χ3n) is 2.34. The maximum Gasteiger partial charge on any atom is 0.258 e. The van der Waals surface area contributed by atoms with Crippen molar-refractivity contribution in [3.63, 3.8) is 0 Å². The molecule has 2 aromatic rings. The van der Waals surface area contributed by atoms with E-state index in [1.54, 1.807) is 0 Å². The molecule has 2 aromatic heterocycles. The van der Waals surface area contributed by atoms with E-state index in [4.69, 9.17) is 0 Å². The fourth-order valence-electron chi connectivity index (χ4n) is 1.56. The predicted molar refractivity (Wildman–Crippen MR) is 71.6 cm³/mol. The number of nitrogens with one attached hydrogen (secondary N) is 1. The molecule has 0 saturated carbocycles. The maximum absolute atomic E-state index is 11.8. The molecule has 6 heteroatoms. The summed E-state index contributed by atoms with van der Waals surface area (Å²) < 4.78 is 0.849. The molecule has 0 aromatic carbocycles. The zero-order chi connectivity index (χ0) is 12.6. The molecule has 0 unspecified atom stereocenters. The van der Waals surface area contributed by atoms with E-state index in [9.17, 15) is 9.90 Å². The standard InChI is InChI=1S/C11H11BrN2O2S/c1-5(2)7-10(15)13-9(14-11(7)16)8-6(12)3-4-17-8/h3-5H,1-2H3,(H2,13,14,15,16). The maximum atomic E-state index is 11.8. The van der Waals surface area contributed by atoms with Gasteiger partial charge in [0.25, 0.3) is 5.56 Å². The van der Waals surface area contributed by atoms with Crippen LogP contribution in [-0.4, -0.2) is 15.1 Å². The number of hydrogen-bond donors (Lipinski definition) is 2. The van der Waals surface area contributed by atoms with Crippen LogP contribution in [-0.2, 0) is 0 Å². The molecule has 4 nitrogen and oxygen atoms in total. The first-order chi connectivity index (χ1) is 8.00. The van der Waals surface area contributed by atoms with Crippen LogP contribution in [0.15, 0.2) is 20.7 Å². The summed E-state index contributed by atoms with van der Waals surface area (Å²) in [4.78, 5) is 19.4. The molecule has 0 radical (unpaired) electrons. The molecule has 0 bridgehead atoms. The highest BCUT2D eigenvalue weighted by atomic mass is 79.9. The van der Waals surface area contributed by atoms with Crippen molar-refractivity contribution in [2.45, 2.75) is 19.8 Å². The molecule has 17 heavy (non-hydrogen) atoms. The molecular weight excluding hydrogens is 304 g/mol. The molecular formula is C11H11BrN2O2S. The molecule has 0 saturated heterocycles. The summed E-state index contributed by atoms with van der Waals surface area (Å²) in [6, 6.07) is 1.87. The Morgan fingerprint density at radius 1 is 1.53 bits per heavy atom. The van der Waals surface area contributed by atoms with Gasteiger partial charge in [-0.3, -0.25) is 4.79 Å². The Kier molecular flexibility index (Phi) is 3.35. The van der Waals surface area contributed by atoms with Crippen LogP contribution >= 0.6 is 27.3 Å². The summed E-state index contributed by atoms with van der Waals surface area (Å²) in [7, 11) is 0. The summed E-state index contributed by atoms with van der Waals surface area (Å²) in [6.45, 7) is 3.68. The second-order valence-electron chi connectivity index (χ2n) is 3.90. The lowest BCUT2D eigenvalue weighted by Crippen LogP contribution is -2.16. The number of hydrogen-bond acceptors (Lipinski definition) is 4. The topological polar surface area (TPSA) is 66.0 Å². The van der Waals surface area contributed by atoms with Crippen molar-refractivity contribution in [1.29, 1.82) is 0 Å². The van der Waals surface area contributed by atoms with E-state index >= 15 is 0 Å².